The molecule has 1 unspecified atom stereocenters. The lowest BCUT2D eigenvalue weighted by Crippen LogP contribution is -2.19. The number of alkyl halides is 6. The van der Waals surface area contributed by atoms with Crippen molar-refractivity contribution in [2.45, 2.75) is 38.7 Å². The topological polar surface area (TPSA) is 26.0 Å². The van der Waals surface area contributed by atoms with Crippen LogP contribution in [-0.4, -0.2) is 6.18 Å². The maximum Gasteiger partial charge on any atom is 0.416 e. The van der Waals surface area contributed by atoms with Crippen molar-refractivity contribution in [3.8, 4) is 0 Å². The predicted octanol–water partition coefficient (Wildman–Crippen LogP) is 6.14. The zero-order valence-electron chi connectivity index (χ0n) is 14.7. The Bertz CT molecular complexity index is 813. The zero-order chi connectivity index (χ0) is 20.4. The van der Waals surface area contributed by atoms with Gasteiger partial charge in [-0.1, -0.05) is 53.6 Å². The Morgan fingerprint density at radius 2 is 1.52 bits per heavy atom. The molecule has 1 nitrogen and oxygen atoms in total. The number of aryl methyl sites for hydroxylation is 2. The van der Waals surface area contributed by atoms with Crippen LogP contribution in [-0.2, 0) is 12.7 Å². The van der Waals surface area contributed by atoms with Gasteiger partial charge in [0.05, 0.1) is 11.5 Å². The fourth-order valence-corrected chi connectivity index (χ4v) is 2.95. The summed E-state index contributed by atoms with van der Waals surface area (Å²) in [6, 6.07) is 7.92. The van der Waals surface area contributed by atoms with Crippen LogP contribution in [0.15, 0.2) is 42.5 Å². The molecule has 0 heterocycles. The highest BCUT2D eigenvalue weighted by atomic mass is 19.4. The molecule has 0 aromatic heterocycles. The number of hydrogen-bond acceptors (Lipinski definition) is 1. The first-order valence-electron chi connectivity index (χ1n) is 8.15. The van der Waals surface area contributed by atoms with Crippen molar-refractivity contribution in [3.63, 3.8) is 0 Å². The zero-order valence-corrected chi connectivity index (χ0v) is 14.7. The minimum atomic E-state index is -4.63. The fourth-order valence-electron chi connectivity index (χ4n) is 2.95. The molecule has 0 saturated heterocycles. The summed E-state index contributed by atoms with van der Waals surface area (Å²) in [4.78, 5) is 0. The molecule has 2 aromatic carbocycles. The Morgan fingerprint density at radius 1 is 0.926 bits per heavy atom. The normalized spacial score (nSPS) is 14.0. The maximum absolute atomic E-state index is 13.5. The number of benzene rings is 2. The molecule has 0 saturated carbocycles. The van der Waals surface area contributed by atoms with E-state index in [2.05, 4.69) is 0 Å². The summed E-state index contributed by atoms with van der Waals surface area (Å²) >= 11 is 0. The molecule has 0 amide bonds. The Balaban J connectivity index is 2.45. The lowest BCUT2D eigenvalue weighted by molar-refractivity contribution is -0.140. The highest BCUT2D eigenvalue weighted by molar-refractivity contribution is 5.54. The van der Waals surface area contributed by atoms with Crippen molar-refractivity contribution < 1.29 is 26.3 Å². The van der Waals surface area contributed by atoms with Crippen molar-refractivity contribution >= 4 is 6.08 Å². The predicted molar refractivity (Wildman–Crippen MR) is 93.1 cm³/mol. The molecule has 0 radical (unpaired) electrons. The highest BCUT2D eigenvalue weighted by Gasteiger charge is 2.39. The first-order chi connectivity index (χ1) is 12.4. The van der Waals surface area contributed by atoms with E-state index in [0.717, 1.165) is 18.2 Å². The van der Waals surface area contributed by atoms with Crippen molar-refractivity contribution in [3.05, 3.63) is 75.9 Å². The van der Waals surface area contributed by atoms with Crippen LogP contribution in [0.25, 0.3) is 6.08 Å². The lowest BCUT2D eigenvalue weighted by Gasteiger charge is -2.19. The van der Waals surface area contributed by atoms with E-state index < -0.39 is 23.8 Å². The van der Waals surface area contributed by atoms with Gasteiger partial charge in [0.2, 0.25) is 0 Å². The average Bonchev–Trinajstić information content (AvgIpc) is 2.52. The molecule has 2 N–H and O–H groups in total. The second kappa shape index (κ2) is 7.76. The van der Waals surface area contributed by atoms with Crippen molar-refractivity contribution in [1.29, 1.82) is 0 Å². The molecule has 1 atom stereocenters. The number of halogens is 6. The van der Waals surface area contributed by atoms with E-state index in [-0.39, 0.29) is 23.2 Å². The Kier molecular flexibility index (Phi) is 6.04. The van der Waals surface area contributed by atoms with Crippen LogP contribution in [0, 0.1) is 13.8 Å². The summed E-state index contributed by atoms with van der Waals surface area (Å²) in [7, 11) is 0. The standard InChI is InChI=1S/C20H19F6N/c1-12-7-13(2)9-16(8-12)17(19(21,22)23)6-4-14-3-5-15(11-27)18(10-14)20(24,25)26/h3-10,17H,11,27H2,1-2H3/b6-4+. The first kappa shape index (κ1) is 21.0. The Labute approximate surface area is 153 Å². The number of hydrogen-bond donors (Lipinski definition) is 1. The van der Waals surface area contributed by atoms with Crippen LogP contribution in [0.3, 0.4) is 0 Å². The van der Waals surface area contributed by atoms with Crippen LogP contribution < -0.4 is 5.73 Å². The molecule has 146 valence electrons. The van der Waals surface area contributed by atoms with Gasteiger partial charge in [-0.05, 0) is 36.6 Å². The van der Waals surface area contributed by atoms with E-state index in [9.17, 15) is 26.3 Å². The van der Waals surface area contributed by atoms with Gasteiger partial charge in [-0.25, -0.2) is 0 Å². The van der Waals surface area contributed by atoms with E-state index in [1.807, 2.05) is 0 Å². The summed E-state index contributed by atoms with van der Waals surface area (Å²) in [6.45, 7) is 3.07. The van der Waals surface area contributed by atoms with Gasteiger partial charge in [-0.15, -0.1) is 0 Å². The molecule has 0 fully saturated rings. The average molecular weight is 387 g/mol. The van der Waals surface area contributed by atoms with Crippen LogP contribution >= 0.6 is 0 Å². The molecular weight excluding hydrogens is 368 g/mol. The summed E-state index contributed by atoms with van der Waals surface area (Å²) in [5.74, 6) is -1.92. The van der Waals surface area contributed by atoms with Crippen LogP contribution in [0.1, 0.15) is 39.3 Å². The van der Waals surface area contributed by atoms with Crippen LogP contribution in [0.5, 0.6) is 0 Å². The van der Waals surface area contributed by atoms with Gasteiger partial charge < -0.3 is 5.73 Å². The lowest BCUT2D eigenvalue weighted by atomic mass is 9.93. The third kappa shape index (κ3) is 5.35. The van der Waals surface area contributed by atoms with E-state index in [1.54, 1.807) is 19.9 Å². The SMILES string of the molecule is Cc1cc(C)cc(C(/C=C/c2ccc(CN)c(C(F)(F)F)c2)C(F)(F)F)c1. The molecule has 0 spiro atoms. The second-order valence-corrected chi connectivity index (χ2v) is 6.42. The maximum atomic E-state index is 13.5. The smallest absolute Gasteiger partial charge is 0.326 e. The van der Waals surface area contributed by atoms with E-state index in [1.165, 1.54) is 24.3 Å². The molecular formula is C20H19F6N. The summed E-state index contributed by atoms with van der Waals surface area (Å²) in [6.07, 6.45) is -7.26. The number of nitrogens with two attached hydrogens (primary N) is 1. The Morgan fingerprint density at radius 3 is 2.00 bits per heavy atom. The number of rotatable bonds is 4. The largest absolute Gasteiger partial charge is 0.416 e. The first-order valence-corrected chi connectivity index (χ1v) is 8.15. The summed E-state index contributed by atoms with van der Waals surface area (Å²) < 4.78 is 79.8. The van der Waals surface area contributed by atoms with Gasteiger partial charge in [-0.2, -0.15) is 26.3 Å². The fraction of sp³-hybridized carbons (Fsp3) is 0.300. The third-order valence-corrected chi connectivity index (χ3v) is 4.10. The second-order valence-electron chi connectivity index (χ2n) is 6.42. The molecule has 2 rings (SSSR count). The van der Waals surface area contributed by atoms with Gasteiger partial charge in [0.25, 0.3) is 0 Å². The highest BCUT2D eigenvalue weighted by Crippen LogP contribution is 2.38. The molecule has 0 aliphatic carbocycles. The molecule has 0 aliphatic rings. The monoisotopic (exact) mass is 387 g/mol. The van der Waals surface area contributed by atoms with Gasteiger partial charge in [0.1, 0.15) is 0 Å². The van der Waals surface area contributed by atoms with Crippen molar-refractivity contribution in [2.24, 2.45) is 5.73 Å². The number of allylic oxidation sites excluding steroid dienone is 1. The van der Waals surface area contributed by atoms with Gasteiger partial charge in [0, 0.05) is 6.54 Å². The van der Waals surface area contributed by atoms with Gasteiger partial charge >= 0.3 is 12.4 Å². The summed E-state index contributed by atoms with van der Waals surface area (Å²) in [5.41, 5.74) is 5.69. The quantitative estimate of drug-likeness (QED) is 0.627. The molecule has 7 heteroatoms. The Hall–Kier alpha value is -2.28. The van der Waals surface area contributed by atoms with Crippen LogP contribution in [0.2, 0.25) is 0 Å². The minimum Gasteiger partial charge on any atom is -0.326 e. The van der Waals surface area contributed by atoms with Crippen LogP contribution in [0.4, 0.5) is 26.3 Å². The third-order valence-electron chi connectivity index (χ3n) is 4.10. The molecule has 0 bridgehead atoms. The summed E-state index contributed by atoms with van der Waals surface area (Å²) in [5, 5.41) is 0. The van der Waals surface area contributed by atoms with Gasteiger partial charge in [-0.3, -0.25) is 0 Å². The minimum absolute atomic E-state index is 0.0261. The van der Waals surface area contributed by atoms with Crippen molar-refractivity contribution in [1.82, 2.24) is 0 Å². The van der Waals surface area contributed by atoms with E-state index in [4.69, 9.17) is 5.73 Å². The van der Waals surface area contributed by atoms with Crippen molar-refractivity contribution in [2.75, 3.05) is 0 Å². The molecule has 2 aromatic rings. The van der Waals surface area contributed by atoms with Gasteiger partial charge in [0.15, 0.2) is 0 Å². The molecule has 27 heavy (non-hydrogen) atoms. The molecule has 0 aliphatic heterocycles. The van der Waals surface area contributed by atoms with E-state index >= 15 is 0 Å². The van der Waals surface area contributed by atoms with E-state index in [0.29, 0.717) is 11.1 Å².